The van der Waals surface area contributed by atoms with Crippen LogP contribution in [-0.2, 0) is 26.2 Å². The molecule has 0 radical (unpaired) electrons. The van der Waals surface area contributed by atoms with E-state index in [-0.39, 0.29) is 29.7 Å². The lowest BCUT2D eigenvalue weighted by Crippen LogP contribution is -2.81. The van der Waals surface area contributed by atoms with Crippen LogP contribution in [0.15, 0.2) is 24.3 Å². The second-order valence-corrected chi connectivity index (χ2v) is 11.7. The van der Waals surface area contributed by atoms with E-state index >= 15 is 0 Å². The highest BCUT2D eigenvalue weighted by molar-refractivity contribution is 6.12. The van der Waals surface area contributed by atoms with Crippen molar-refractivity contribution < 1.29 is 19.1 Å². The number of nitrogens with zero attached hydrogens (tertiary/aromatic N) is 1. The molecule has 4 saturated heterocycles. The van der Waals surface area contributed by atoms with Crippen molar-refractivity contribution >= 4 is 23.4 Å². The van der Waals surface area contributed by atoms with Crippen molar-refractivity contribution in [1.29, 1.82) is 0 Å². The smallest absolute Gasteiger partial charge is 0.249 e. The molecule has 3 amide bonds. The van der Waals surface area contributed by atoms with Gasteiger partial charge in [0.25, 0.3) is 0 Å². The second-order valence-electron chi connectivity index (χ2n) is 11.7. The van der Waals surface area contributed by atoms with E-state index in [0.717, 1.165) is 34.6 Å². The van der Waals surface area contributed by atoms with Gasteiger partial charge in [-0.05, 0) is 55.2 Å². The molecule has 8 rings (SSSR count). The maximum Gasteiger partial charge on any atom is 0.249 e. The van der Waals surface area contributed by atoms with Gasteiger partial charge in [-0.3, -0.25) is 14.4 Å². The molecule has 7 aliphatic rings. The standard InChI is InChI=1S/C26H29N3O4/c1-13(2)17-10-14-16(33-17)7-6-15-19(14)27-21(31)25(15)12-26-18(23(25,3)4)11-24(20(30)28-26)8-5-9-29(24)22(26)32/h6-7,17-18H,1,5,8-12H2,2-4H3,(H,27,31)(H,28,30)/t17-,18-,24+,25+,26+/m1/s1. The largest absolute Gasteiger partial charge is 0.485 e. The van der Waals surface area contributed by atoms with Gasteiger partial charge in [0.2, 0.25) is 17.7 Å². The Balaban J connectivity index is 1.41. The molecule has 33 heavy (non-hydrogen) atoms. The lowest BCUT2D eigenvalue weighted by Gasteiger charge is -2.59. The number of nitrogens with one attached hydrogen (secondary N) is 2. The molecule has 6 heterocycles. The molecule has 5 fully saturated rings. The fourth-order valence-corrected chi connectivity index (χ4v) is 8.39. The molecule has 1 aromatic carbocycles. The molecule has 6 aliphatic heterocycles. The van der Waals surface area contributed by atoms with Crippen molar-refractivity contribution in [2.45, 2.75) is 75.5 Å². The fourth-order valence-electron chi connectivity index (χ4n) is 8.39. The maximum atomic E-state index is 13.9. The van der Waals surface area contributed by atoms with Gasteiger partial charge in [-0.25, -0.2) is 0 Å². The average molecular weight is 448 g/mol. The highest BCUT2D eigenvalue weighted by atomic mass is 16.5. The number of rotatable bonds is 1. The van der Waals surface area contributed by atoms with Crippen LogP contribution in [0.4, 0.5) is 5.69 Å². The van der Waals surface area contributed by atoms with E-state index in [1.165, 1.54) is 0 Å². The summed E-state index contributed by atoms with van der Waals surface area (Å²) in [7, 11) is 0. The zero-order chi connectivity index (χ0) is 23.1. The maximum absolute atomic E-state index is 13.9. The molecular weight excluding hydrogens is 418 g/mol. The number of ether oxygens (including phenoxy) is 1. The molecule has 1 aliphatic carbocycles. The normalized spacial score (nSPS) is 40.8. The first-order valence-corrected chi connectivity index (χ1v) is 12.0. The molecule has 5 atom stereocenters. The van der Waals surface area contributed by atoms with Gasteiger partial charge in [0.15, 0.2) is 0 Å². The number of benzene rings is 1. The summed E-state index contributed by atoms with van der Waals surface area (Å²) in [6, 6.07) is 3.96. The first-order chi connectivity index (χ1) is 15.6. The number of carbonyl (C=O) groups is 3. The summed E-state index contributed by atoms with van der Waals surface area (Å²) in [5, 5.41) is 6.39. The second kappa shape index (κ2) is 5.45. The summed E-state index contributed by atoms with van der Waals surface area (Å²) < 4.78 is 6.09. The van der Waals surface area contributed by atoms with Gasteiger partial charge in [-0.1, -0.05) is 26.5 Å². The van der Waals surface area contributed by atoms with Crippen LogP contribution in [-0.4, -0.2) is 46.3 Å². The van der Waals surface area contributed by atoms with Crippen LogP contribution in [0.2, 0.25) is 0 Å². The lowest BCUT2D eigenvalue weighted by molar-refractivity contribution is -0.175. The molecule has 172 valence electrons. The minimum absolute atomic E-state index is 0.00823. The molecule has 2 N–H and O–H groups in total. The van der Waals surface area contributed by atoms with Crippen molar-refractivity contribution in [3.05, 3.63) is 35.4 Å². The van der Waals surface area contributed by atoms with Gasteiger partial charge in [0.05, 0.1) is 11.1 Å². The summed E-state index contributed by atoms with van der Waals surface area (Å²) in [6.45, 7) is 10.9. The Labute approximate surface area is 192 Å². The topological polar surface area (TPSA) is 87.7 Å². The molecular formula is C26H29N3O4. The fraction of sp³-hybridized carbons (Fsp3) is 0.577. The summed E-state index contributed by atoms with van der Waals surface area (Å²) in [4.78, 5) is 43.0. The molecule has 1 aromatic rings. The first kappa shape index (κ1) is 19.6. The van der Waals surface area contributed by atoms with E-state index in [4.69, 9.17) is 4.74 Å². The van der Waals surface area contributed by atoms with E-state index in [1.807, 2.05) is 24.0 Å². The predicted molar refractivity (Wildman–Crippen MR) is 121 cm³/mol. The van der Waals surface area contributed by atoms with Crippen molar-refractivity contribution in [2.24, 2.45) is 11.3 Å². The zero-order valence-corrected chi connectivity index (χ0v) is 19.3. The highest BCUT2D eigenvalue weighted by Crippen LogP contribution is 2.70. The van der Waals surface area contributed by atoms with Gasteiger partial charge in [-0.15, -0.1) is 0 Å². The Bertz CT molecular complexity index is 1220. The van der Waals surface area contributed by atoms with Gasteiger partial charge < -0.3 is 20.3 Å². The summed E-state index contributed by atoms with van der Waals surface area (Å²) in [5.74, 6) is 0.591. The number of piperazine rings is 1. The Morgan fingerprint density at radius 3 is 2.76 bits per heavy atom. The van der Waals surface area contributed by atoms with Crippen LogP contribution in [0.25, 0.3) is 0 Å². The molecule has 7 nitrogen and oxygen atoms in total. The quantitative estimate of drug-likeness (QED) is 0.648. The van der Waals surface area contributed by atoms with Crippen LogP contribution in [0, 0.1) is 11.3 Å². The van der Waals surface area contributed by atoms with E-state index < -0.39 is 21.9 Å². The zero-order valence-electron chi connectivity index (χ0n) is 19.3. The van der Waals surface area contributed by atoms with E-state index in [2.05, 4.69) is 31.1 Å². The molecule has 7 heteroatoms. The number of fused-ring (bicyclic) bond motifs is 5. The first-order valence-electron chi connectivity index (χ1n) is 12.0. The highest BCUT2D eigenvalue weighted by Gasteiger charge is 2.80. The third kappa shape index (κ3) is 1.84. The van der Waals surface area contributed by atoms with Gasteiger partial charge in [-0.2, -0.15) is 0 Å². The van der Waals surface area contributed by atoms with Crippen LogP contribution in [0.5, 0.6) is 5.75 Å². The van der Waals surface area contributed by atoms with E-state index in [9.17, 15) is 14.4 Å². The van der Waals surface area contributed by atoms with Crippen LogP contribution >= 0.6 is 0 Å². The summed E-state index contributed by atoms with van der Waals surface area (Å²) >= 11 is 0. The molecule has 2 bridgehead atoms. The number of hydrogen-bond acceptors (Lipinski definition) is 4. The lowest BCUT2D eigenvalue weighted by atomic mass is 9.57. The summed E-state index contributed by atoms with van der Waals surface area (Å²) in [5.41, 5.74) is 0.548. The third-order valence-corrected chi connectivity index (χ3v) is 10.1. The van der Waals surface area contributed by atoms with Crippen LogP contribution in [0.1, 0.15) is 57.6 Å². The average Bonchev–Trinajstić information content (AvgIpc) is 3.48. The number of piperidine rings is 2. The van der Waals surface area contributed by atoms with E-state index in [0.29, 0.717) is 32.2 Å². The SMILES string of the molecule is C=C(C)[C@H]1Cc2c(ccc3c2NC(=O)[C@]32C[C@@]34NC(=O)[C@]5(CCCN5C3=O)C[C@@H]4C2(C)C)O1. The van der Waals surface area contributed by atoms with Crippen molar-refractivity contribution in [2.75, 3.05) is 11.9 Å². The monoisotopic (exact) mass is 447 g/mol. The number of hydrogen-bond donors (Lipinski definition) is 2. The van der Waals surface area contributed by atoms with Crippen molar-refractivity contribution in [1.82, 2.24) is 10.2 Å². The van der Waals surface area contributed by atoms with Crippen LogP contribution < -0.4 is 15.4 Å². The molecule has 0 unspecified atom stereocenters. The van der Waals surface area contributed by atoms with Crippen molar-refractivity contribution in [3.63, 3.8) is 0 Å². The third-order valence-electron chi connectivity index (χ3n) is 10.1. The Morgan fingerprint density at radius 2 is 2.00 bits per heavy atom. The van der Waals surface area contributed by atoms with E-state index in [1.54, 1.807) is 0 Å². The van der Waals surface area contributed by atoms with Gasteiger partial charge in [0.1, 0.15) is 22.9 Å². The number of carbonyl (C=O) groups excluding carboxylic acids is 3. The Morgan fingerprint density at radius 1 is 1.21 bits per heavy atom. The Kier molecular flexibility index (Phi) is 3.24. The molecule has 3 spiro atoms. The van der Waals surface area contributed by atoms with Gasteiger partial charge in [0, 0.05) is 24.4 Å². The molecule has 0 aromatic heterocycles. The Hall–Kier alpha value is -2.83. The molecule has 1 saturated carbocycles. The summed E-state index contributed by atoms with van der Waals surface area (Å²) in [6.07, 6.45) is 3.07. The van der Waals surface area contributed by atoms with Crippen LogP contribution in [0.3, 0.4) is 0 Å². The number of amides is 3. The van der Waals surface area contributed by atoms with Crippen molar-refractivity contribution in [3.8, 4) is 5.75 Å². The predicted octanol–water partition coefficient (Wildman–Crippen LogP) is 2.44. The number of anilines is 1. The minimum Gasteiger partial charge on any atom is -0.485 e. The minimum atomic E-state index is -1.03. The van der Waals surface area contributed by atoms with Gasteiger partial charge >= 0.3 is 0 Å².